The first kappa shape index (κ1) is 28.6. The molecule has 7 atom stereocenters. The van der Waals surface area contributed by atoms with Crippen molar-refractivity contribution in [2.45, 2.75) is 62.3 Å². The van der Waals surface area contributed by atoms with Crippen molar-refractivity contribution in [1.29, 1.82) is 0 Å². The summed E-state index contributed by atoms with van der Waals surface area (Å²) in [5.74, 6) is -0.667. The number of fused-ring (bicyclic) bond motifs is 5. The standard InChI is InChI=1S/C29H36O11/c1-3-37-21(32)8-7-17-14-18-9-13-38-22(18)24(36-2)23(17)40-26-29(35)25(33)28(34,20(16-31)39-26)15-19-6-4-5-10-27(19,29)11-12-30/h4-6,9-10,13-14,19-20,25-26,30-31,33-35H,3,7-8,11-12,15-16H2,1-2H3/t19-,20-,25+,26-,27+,28-,29+/m1/s1. The fourth-order valence-electron chi connectivity index (χ4n) is 6.70. The van der Waals surface area contributed by atoms with Gasteiger partial charge in [0.25, 0.3) is 0 Å². The predicted molar refractivity (Wildman–Crippen MR) is 141 cm³/mol. The van der Waals surface area contributed by atoms with Crippen molar-refractivity contribution >= 4 is 16.9 Å². The van der Waals surface area contributed by atoms with Crippen LogP contribution in [-0.2, 0) is 20.7 Å². The average Bonchev–Trinajstić information content (AvgIpc) is 3.41. The van der Waals surface area contributed by atoms with Crippen LogP contribution in [0, 0.1) is 11.3 Å². The second kappa shape index (κ2) is 10.8. The second-order valence-corrected chi connectivity index (χ2v) is 10.6. The fraction of sp³-hybridized carbons (Fsp3) is 0.552. The molecule has 218 valence electrons. The van der Waals surface area contributed by atoms with Crippen molar-refractivity contribution < 1.29 is 53.7 Å². The maximum absolute atomic E-state index is 12.5. The molecular formula is C29H36O11. The maximum Gasteiger partial charge on any atom is 0.306 e. The lowest BCUT2D eigenvalue weighted by atomic mass is 9.48. The van der Waals surface area contributed by atoms with Crippen LogP contribution >= 0.6 is 0 Å². The number of rotatable bonds is 10. The molecule has 1 saturated heterocycles. The third-order valence-corrected chi connectivity index (χ3v) is 8.65. The molecule has 0 spiro atoms. The Kier molecular flexibility index (Phi) is 7.73. The number of aliphatic hydroxyl groups is 5. The van der Waals surface area contributed by atoms with Crippen molar-refractivity contribution in [2.75, 3.05) is 26.9 Å². The van der Waals surface area contributed by atoms with Gasteiger partial charge in [0, 0.05) is 23.8 Å². The van der Waals surface area contributed by atoms with E-state index in [1.54, 1.807) is 43.4 Å². The van der Waals surface area contributed by atoms with E-state index in [0.717, 1.165) is 0 Å². The Morgan fingerprint density at radius 3 is 2.70 bits per heavy atom. The van der Waals surface area contributed by atoms with Gasteiger partial charge in [-0.2, -0.15) is 0 Å². The zero-order valence-electron chi connectivity index (χ0n) is 22.5. The average molecular weight is 561 g/mol. The van der Waals surface area contributed by atoms with Gasteiger partial charge in [-0.15, -0.1) is 0 Å². The molecule has 2 aromatic rings. The number of esters is 1. The van der Waals surface area contributed by atoms with E-state index >= 15 is 0 Å². The zero-order chi connectivity index (χ0) is 28.7. The highest BCUT2D eigenvalue weighted by molar-refractivity contribution is 5.87. The molecule has 0 radical (unpaired) electrons. The highest BCUT2D eigenvalue weighted by Gasteiger charge is 2.75. The molecule has 11 nitrogen and oxygen atoms in total. The monoisotopic (exact) mass is 560 g/mol. The molecule has 0 amide bonds. The number of methoxy groups -OCH3 is 1. The molecule has 0 unspecified atom stereocenters. The largest absolute Gasteiger partial charge is 0.490 e. The van der Waals surface area contributed by atoms with E-state index in [0.29, 0.717) is 16.5 Å². The van der Waals surface area contributed by atoms with Gasteiger partial charge in [-0.3, -0.25) is 4.79 Å². The Hall–Kier alpha value is -2.93. The first-order valence-corrected chi connectivity index (χ1v) is 13.5. The molecule has 2 fully saturated rings. The normalized spacial score (nSPS) is 34.5. The highest BCUT2D eigenvalue weighted by Crippen LogP contribution is 2.61. The van der Waals surface area contributed by atoms with Gasteiger partial charge in [-0.25, -0.2) is 0 Å². The zero-order valence-corrected chi connectivity index (χ0v) is 22.5. The van der Waals surface area contributed by atoms with Crippen LogP contribution in [-0.4, -0.2) is 88.1 Å². The first-order chi connectivity index (χ1) is 19.2. The smallest absolute Gasteiger partial charge is 0.306 e. The summed E-state index contributed by atoms with van der Waals surface area (Å²) in [6.45, 7) is 0.957. The third-order valence-electron chi connectivity index (χ3n) is 8.65. The van der Waals surface area contributed by atoms with Crippen LogP contribution in [0.3, 0.4) is 0 Å². The second-order valence-electron chi connectivity index (χ2n) is 10.6. The van der Waals surface area contributed by atoms with Gasteiger partial charge in [0.2, 0.25) is 12.0 Å². The van der Waals surface area contributed by atoms with Crippen molar-refractivity contribution in [1.82, 2.24) is 0 Å². The van der Waals surface area contributed by atoms with E-state index < -0.39 is 53.6 Å². The molecule has 2 bridgehead atoms. The Labute approximate surface area is 231 Å². The lowest BCUT2D eigenvalue weighted by molar-refractivity contribution is -0.398. The molecule has 11 heteroatoms. The third kappa shape index (κ3) is 4.15. The summed E-state index contributed by atoms with van der Waals surface area (Å²) in [6, 6.07) is 3.49. The van der Waals surface area contributed by atoms with Crippen LogP contribution in [0.25, 0.3) is 11.0 Å². The molecule has 40 heavy (non-hydrogen) atoms. The maximum atomic E-state index is 12.5. The summed E-state index contributed by atoms with van der Waals surface area (Å²) in [7, 11) is 1.42. The van der Waals surface area contributed by atoms with Crippen LogP contribution in [0.1, 0.15) is 31.7 Å². The molecule has 1 aromatic carbocycles. The van der Waals surface area contributed by atoms with Gasteiger partial charge in [-0.1, -0.05) is 24.3 Å². The number of aliphatic hydroxyl groups excluding tert-OH is 3. The quantitative estimate of drug-likeness (QED) is 0.266. The van der Waals surface area contributed by atoms with Gasteiger partial charge < -0.3 is 48.9 Å². The van der Waals surface area contributed by atoms with Crippen LogP contribution in [0.4, 0.5) is 0 Å². The van der Waals surface area contributed by atoms with Gasteiger partial charge in [-0.05, 0) is 49.8 Å². The number of ether oxygens (including phenoxy) is 4. The molecule has 2 aliphatic carbocycles. The Balaban J connectivity index is 1.65. The summed E-state index contributed by atoms with van der Waals surface area (Å²) < 4.78 is 28.9. The Morgan fingerprint density at radius 1 is 1.20 bits per heavy atom. The molecule has 3 aliphatic rings. The SMILES string of the molecule is CCOC(=O)CCc1cc2ccoc2c(OC)c1O[C@H]1O[C@H](CO)[C@]2(O)C[C@H]3C=CC=C[C@@]3(CCO)[C@]1(O)[C@H]2O. The minimum atomic E-state index is -2.29. The number of hydrogen-bond acceptors (Lipinski definition) is 11. The summed E-state index contributed by atoms with van der Waals surface area (Å²) in [6.07, 6.45) is 3.88. The summed E-state index contributed by atoms with van der Waals surface area (Å²) in [4.78, 5) is 12.2. The topological polar surface area (TPSA) is 168 Å². The van der Waals surface area contributed by atoms with Gasteiger partial charge in [0.15, 0.2) is 16.9 Å². The van der Waals surface area contributed by atoms with Crippen LogP contribution < -0.4 is 9.47 Å². The number of aryl methyl sites for hydroxylation is 1. The van der Waals surface area contributed by atoms with Crippen molar-refractivity contribution in [3.8, 4) is 11.5 Å². The number of carbonyl (C=O) groups is 1. The van der Waals surface area contributed by atoms with Crippen LogP contribution in [0.15, 0.2) is 47.1 Å². The highest BCUT2D eigenvalue weighted by atomic mass is 16.7. The van der Waals surface area contributed by atoms with E-state index in [-0.39, 0.29) is 50.4 Å². The van der Waals surface area contributed by atoms with Gasteiger partial charge >= 0.3 is 5.97 Å². The number of carbonyl (C=O) groups excluding carboxylic acids is 1. The Bertz CT molecular complexity index is 1300. The number of allylic oxidation sites excluding steroid dienone is 3. The van der Waals surface area contributed by atoms with Crippen molar-refractivity contribution in [3.05, 3.63) is 48.3 Å². The number of hydrogen-bond donors (Lipinski definition) is 5. The van der Waals surface area contributed by atoms with Crippen molar-refractivity contribution in [3.63, 3.8) is 0 Å². The molecule has 2 heterocycles. The lowest BCUT2D eigenvalue weighted by Gasteiger charge is -2.66. The van der Waals surface area contributed by atoms with Gasteiger partial charge in [0.05, 0.1) is 26.6 Å². The summed E-state index contributed by atoms with van der Waals surface area (Å²) in [5, 5.41) is 56.7. The van der Waals surface area contributed by atoms with E-state index in [1.165, 1.54) is 13.4 Å². The minimum absolute atomic E-state index is 0.0260. The number of benzene rings is 1. The molecular weight excluding hydrogens is 524 g/mol. The van der Waals surface area contributed by atoms with E-state index in [9.17, 15) is 30.3 Å². The van der Waals surface area contributed by atoms with E-state index in [1.807, 2.05) is 0 Å². The molecule has 5 N–H and O–H groups in total. The molecule has 1 saturated carbocycles. The van der Waals surface area contributed by atoms with Crippen LogP contribution in [0.5, 0.6) is 11.5 Å². The fourth-order valence-corrected chi connectivity index (χ4v) is 6.70. The first-order valence-electron chi connectivity index (χ1n) is 13.5. The van der Waals surface area contributed by atoms with Crippen molar-refractivity contribution in [2.24, 2.45) is 11.3 Å². The predicted octanol–water partition coefficient (Wildman–Crippen LogP) is 1.37. The van der Waals surface area contributed by atoms with E-state index in [2.05, 4.69) is 0 Å². The minimum Gasteiger partial charge on any atom is -0.490 e. The lowest BCUT2D eigenvalue weighted by Crippen LogP contribution is -2.82. The molecule has 1 aliphatic heterocycles. The Morgan fingerprint density at radius 2 is 2.00 bits per heavy atom. The summed E-state index contributed by atoms with van der Waals surface area (Å²) >= 11 is 0. The molecule has 1 aromatic heterocycles. The van der Waals surface area contributed by atoms with E-state index in [4.69, 9.17) is 23.4 Å². The van der Waals surface area contributed by atoms with Gasteiger partial charge in [0.1, 0.15) is 17.8 Å². The molecule has 5 rings (SSSR count). The summed E-state index contributed by atoms with van der Waals surface area (Å²) in [5.41, 5.74) is -4.72. The van der Waals surface area contributed by atoms with Crippen LogP contribution in [0.2, 0.25) is 0 Å². The number of furan rings is 1.